The van der Waals surface area contributed by atoms with E-state index in [1.165, 1.54) is 11.3 Å². The van der Waals surface area contributed by atoms with Crippen molar-refractivity contribution in [3.05, 3.63) is 125 Å². The Balaban J connectivity index is 1.05. The first-order valence-electron chi connectivity index (χ1n) is 19.8. The molecule has 0 unspecified atom stereocenters. The Morgan fingerprint density at radius 2 is 1.40 bits per heavy atom. The molecule has 0 saturated heterocycles. The smallest absolute Gasteiger partial charge is 0.343 e. The van der Waals surface area contributed by atoms with E-state index in [9.17, 15) is 24.0 Å². The van der Waals surface area contributed by atoms with Gasteiger partial charge in [-0.25, -0.2) is 14.6 Å². The van der Waals surface area contributed by atoms with Crippen LogP contribution in [0.5, 0.6) is 17.2 Å². The molecule has 0 aliphatic carbocycles. The number of carbonyl (C=O) groups is 5. The molecule has 2 amide bonds. The highest BCUT2D eigenvalue weighted by Crippen LogP contribution is 2.30. The fraction of sp³-hybridized carbons (Fsp3) is 0.298. The van der Waals surface area contributed by atoms with E-state index in [1.807, 2.05) is 65.0 Å². The lowest BCUT2D eigenvalue weighted by Crippen LogP contribution is -2.43. The molecule has 2 heterocycles. The van der Waals surface area contributed by atoms with Gasteiger partial charge in [0.1, 0.15) is 40.6 Å². The molecule has 1 aliphatic heterocycles. The average Bonchev–Trinajstić information content (AvgIpc) is 3.75. The molecule has 0 radical (unpaired) electrons. The number of imide groups is 1. The first-order valence-corrected chi connectivity index (χ1v) is 20.6. The Morgan fingerprint density at radius 1 is 0.774 bits per heavy atom. The Hall–Kier alpha value is -6.87. The zero-order valence-corrected chi connectivity index (χ0v) is 36.4. The van der Waals surface area contributed by atoms with Gasteiger partial charge >= 0.3 is 17.9 Å². The van der Waals surface area contributed by atoms with Crippen LogP contribution in [0.3, 0.4) is 0 Å². The molecule has 6 rings (SSSR count). The van der Waals surface area contributed by atoms with Crippen molar-refractivity contribution >= 4 is 62.6 Å². The summed E-state index contributed by atoms with van der Waals surface area (Å²) in [5.74, 6) is -1.54. The molecule has 1 N–H and O–H groups in total. The van der Waals surface area contributed by atoms with E-state index < -0.39 is 47.5 Å². The summed E-state index contributed by atoms with van der Waals surface area (Å²) in [4.78, 5) is 67.8. The SMILES string of the molecule is CC(C)(C)Oc1ccc(C(=O)Oc2ccc(CCOC(=O)c3ccc(OC(C)(C)CC(C)(C)OC(=O)CN4C(=O)C=CC4=O)cc3)cc2/C=N/Nc2nc3ccccc3s2)cc1. The number of fused-ring (bicyclic) bond motifs is 1. The zero-order valence-electron chi connectivity index (χ0n) is 35.6. The minimum Gasteiger partial charge on any atom is -0.488 e. The summed E-state index contributed by atoms with van der Waals surface area (Å²) in [5.41, 5.74) is 3.59. The molecule has 0 bridgehead atoms. The summed E-state index contributed by atoms with van der Waals surface area (Å²) in [5, 5.41) is 4.98. The number of hydrazone groups is 1. The number of amides is 2. The molecule has 15 heteroatoms. The normalized spacial score (nSPS) is 13.1. The topological polar surface area (TPSA) is 172 Å². The van der Waals surface area contributed by atoms with Gasteiger partial charge in [0.25, 0.3) is 11.8 Å². The number of rotatable bonds is 17. The molecular formula is C47H48N4O10S. The molecule has 322 valence electrons. The molecule has 0 saturated carbocycles. The van der Waals surface area contributed by atoms with Crippen LogP contribution in [0.2, 0.25) is 0 Å². The number of carbonyl (C=O) groups excluding carboxylic acids is 5. The van der Waals surface area contributed by atoms with Crippen LogP contribution in [-0.2, 0) is 30.3 Å². The van der Waals surface area contributed by atoms with Crippen molar-refractivity contribution in [2.24, 2.45) is 5.10 Å². The maximum atomic E-state index is 13.2. The predicted octanol–water partition coefficient (Wildman–Crippen LogP) is 8.33. The minimum atomic E-state index is -0.995. The van der Waals surface area contributed by atoms with Crippen molar-refractivity contribution in [3.8, 4) is 17.2 Å². The second-order valence-electron chi connectivity index (χ2n) is 16.6. The molecule has 14 nitrogen and oxygen atoms in total. The van der Waals surface area contributed by atoms with Crippen LogP contribution in [0.4, 0.5) is 5.13 Å². The van der Waals surface area contributed by atoms with Crippen LogP contribution >= 0.6 is 11.3 Å². The van der Waals surface area contributed by atoms with Crippen LogP contribution in [0.25, 0.3) is 10.2 Å². The van der Waals surface area contributed by atoms with Gasteiger partial charge in [-0.05, 0) is 127 Å². The molecular weight excluding hydrogens is 813 g/mol. The lowest BCUT2D eigenvalue weighted by molar-refractivity contribution is -0.164. The van der Waals surface area contributed by atoms with Crippen molar-refractivity contribution in [2.45, 2.75) is 78.1 Å². The number of thiazole rings is 1. The van der Waals surface area contributed by atoms with E-state index in [4.69, 9.17) is 23.7 Å². The minimum absolute atomic E-state index is 0.0666. The highest BCUT2D eigenvalue weighted by Gasteiger charge is 2.35. The van der Waals surface area contributed by atoms with Crippen molar-refractivity contribution in [1.82, 2.24) is 9.88 Å². The second kappa shape index (κ2) is 18.8. The molecule has 0 atom stereocenters. The summed E-state index contributed by atoms with van der Waals surface area (Å²) in [6.45, 7) is 12.5. The fourth-order valence-electron chi connectivity index (χ4n) is 6.67. The number of para-hydroxylation sites is 1. The van der Waals surface area contributed by atoms with E-state index in [0.29, 0.717) is 39.7 Å². The van der Waals surface area contributed by atoms with Crippen LogP contribution in [0.1, 0.15) is 86.7 Å². The first kappa shape index (κ1) is 44.7. The Kier molecular flexibility index (Phi) is 13.6. The molecule has 4 aromatic carbocycles. The summed E-state index contributed by atoms with van der Waals surface area (Å²) in [6.07, 6.45) is 4.39. The van der Waals surface area contributed by atoms with E-state index >= 15 is 0 Å². The standard InChI is InChI=1S/C47H48N4O10S/c1-45(2,3)59-34-17-15-32(16-18-34)43(56)58-37-21-12-30(26-33(37)27-48-50-44-49-36-10-8-9-11-38(36)62-44)24-25-57-42(55)31-13-19-35(20-14-31)60-46(4,5)29-47(6,7)61-41(54)28-51-39(52)22-23-40(51)53/h8-23,26-27H,24-25,28-29H2,1-7H3,(H,49,50)/b48-27+. The van der Waals surface area contributed by atoms with E-state index in [0.717, 1.165) is 32.8 Å². The summed E-state index contributed by atoms with van der Waals surface area (Å²) >= 11 is 1.45. The van der Waals surface area contributed by atoms with Gasteiger partial charge in [0.05, 0.1) is 34.2 Å². The number of aromatic nitrogens is 1. The Labute approximate surface area is 363 Å². The number of nitrogens with zero attached hydrogens (tertiary/aromatic N) is 3. The summed E-state index contributed by atoms with van der Waals surface area (Å²) in [6, 6.07) is 26.2. The van der Waals surface area contributed by atoms with Crippen molar-refractivity contribution < 1.29 is 47.7 Å². The maximum absolute atomic E-state index is 13.2. The van der Waals surface area contributed by atoms with Gasteiger partial charge in [-0.1, -0.05) is 29.5 Å². The lowest BCUT2D eigenvalue weighted by atomic mass is 9.92. The Bertz CT molecular complexity index is 2470. The molecule has 0 spiro atoms. The van der Waals surface area contributed by atoms with Crippen molar-refractivity contribution in [3.63, 3.8) is 0 Å². The Morgan fingerprint density at radius 3 is 2.05 bits per heavy atom. The van der Waals surface area contributed by atoms with Gasteiger partial charge in [0.2, 0.25) is 5.13 Å². The zero-order chi connectivity index (χ0) is 44.7. The molecule has 0 fully saturated rings. The highest BCUT2D eigenvalue weighted by molar-refractivity contribution is 7.22. The molecule has 5 aromatic rings. The first-order chi connectivity index (χ1) is 29.3. The van der Waals surface area contributed by atoms with E-state index in [2.05, 4.69) is 15.5 Å². The highest BCUT2D eigenvalue weighted by atomic mass is 32.1. The number of ether oxygens (including phenoxy) is 5. The largest absolute Gasteiger partial charge is 0.488 e. The van der Waals surface area contributed by atoms with Crippen molar-refractivity contribution in [1.29, 1.82) is 0 Å². The van der Waals surface area contributed by atoms with Gasteiger partial charge in [0, 0.05) is 30.6 Å². The van der Waals surface area contributed by atoms with Crippen molar-refractivity contribution in [2.75, 3.05) is 18.6 Å². The third-order valence-corrected chi connectivity index (χ3v) is 9.93. The predicted molar refractivity (Wildman–Crippen MR) is 235 cm³/mol. The number of hydrogen-bond donors (Lipinski definition) is 1. The van der Waals surface area contributed by atoms with Gasteiger partial charge < -0.3 is 23.7 Å². The van der Waals surface area contributed by atoms with Gasteiger partial charge in [-0.3, -0.25) is 24.7 Å². The number of anilines is 1. The maximum Gasteiger partial charge on any atom is 0.343 e. The molecule has 1 aliphatic rings. The third kappa shape index (κ3) is 12.6. The molecule has 1 aromatic heterocycles. The fourth-order valence-corrected chi connectivity index (χ4v) is 7.49. The number of benzene rings is 4. The number of esters is 3. The van der Waals surface area contributed by atoms with Gasteiger partial charge in [-0.2, -0.15) is 5.10 Å². The van der Waals surface area contributed by atoms with E-state index in [-0.39, 0.29) is 24.4 Å². The quantitative estimate of drug-likeness (QED) is 0.0312. The van der Waals surface area contributed by atoms with Crippen LogP contribution in [0, 0.1) is 0 Å². The lowest BCUT2D eigenvalue weighted by Gasteiger charge is -2.35. The average molecular weight is 861 g/mol. The van der Waals surface area contributed by atoms with Crippen LogP contribution in [0.15, 0.2) is 108 Å². The van der Waals surface area contributed by atoms with Gasteiger partial charge in [-0.15, -0.1) is 0 Å². The molecule has 62 heavy (non-hydrogen) atoms. The van der Waals surface area contributed by atoms with E-state index in [1.54, 1.807) is 80.7 Å². The van der Waals surface area contributed by atoms with Gasteiger partial charge in [0.15, 0.2) is 0 Å². The van der Waals surface area contributed by atoms with Crippen LogP contribution < -0.4 is 19.6 Å². The number of hydrogen-bond acceptors (Lipinski definition) is 14. The number of nitrogens with one attached hydrogen (secondary N) is 1. The summed E-state index contributed by atoms with van der Waals surface area (Å²) < 4.78 is 30.1. The second-order valence-corrected chi connectivity index (χ2v) is 17.7. The summed E-state index contributed by atoms with van der Waals surface area (Å²) in [7, 11) is 0. The third-order valence-electron chi connectivity index (χ3n) is 8.99. The van der Waals surface area contributed by atoms with Crippen LogP contribution in [-0.4, -0.2) is 75.8 Å². The monoisotopic (exact) mass is 860 g/mol.